The third-order valence-electron chi connectivity index (χ3n) is 1.98. The molecule has 0 aliphatic heterocycles. The molecular formula is C10H16N2O. The highest BCUT2D eigenvalue weighted by Gasteiger charge is 2.04. The van der Waals surface area contributed by atoms with Crippen molar-refractivity contribution in [2.45, 2.75) is 32.6 Å². The quantitative estimate of drug-likeness (QED) is 0.327. The largest absolute Gasteiger partial charge is 0.463 e. The van der Waals surface area contributed by atoms with E-state index in [-0.39, 0.29) is 0 Å². The smallest absolute Gasteiger partial charge is 0.149 e. The molecule has 0 aliphatic carbocycles. The normalized spacial score (nSPS) is 11.9. The van der Waals surface area contributed by atoms with Crippen molar-refractivity contribution < 1.29 is 4.42 Å². The second-order valence-corrected chi connectivity index (χ2v) is 3.01. The zero-order valence-corrected chi connectivity index (χ0v) is 7.99. The first-order valence-corrected chi connectivity index (χ1v) is 4.69. The van der Waals surface area contributed by atoms with Gasteiger partial charge >= 0.3 is 0 Å². The highest BCUT2D eigenvalue weighted by Crippen LogP contribution is 2.09. The molecule has 0 spiro atoms. The van der Waals surface area contributed by atoms with Crippen molar-refractivity contribution in [2.75, 3.05) is 0 Å². The number of rotatable bonds is 5. The molecule has 0 aromatic carbocycles. The van der Waals surface area contributed by atoms with Crippen LogP contribution in [0.1, 0.15) is 38.4 Å². The van der Waals surface area contributed by atoms with Crippen LogP contribution in [0, 0.1) is 0 Å². The number of unbranched alkanes of at least 4 members (excludes halogenated alkanes) is 2. The van der Waals surface area contributed by atoms with Gasteiger partial charge in [-0.15, -0.1) is 0 Å². The Morgan fingerprint density at radius 2 is 2.38 bits per heavy atom. The molecule has 0 radical (unpaired) electrons. The van der Waals surface area contributed by atoms with E-state index in [1.54, 1.807) is 6.26 Å². The second kappa shape index (κ2) is 5.41. The molecule has 0 saturated carbocycles. The van der Waals surface area contributed by atoms with Crippen LogP contribution in [0.2, 0.25) is 0 Å². The van der Waals surface area contributed by atoms with E-state index < -0.39 is 0 Å². The Labute approximate surface area is 78.6 Å². The van der Waals surface area contributed by atoms with Gasteiger partial charge in [-0.3, -0.25) is 0 Å². The third-order valence-corrected chi connectivity index (χ3v) is 1.98. The maximum absolute atomic E-state index is 5.27. The Morgan fingerprint density at radius 1 is 1.54 bits per heavy atom. The zero-order chi connectivity index (χ0) is 9.52. The summed E-state index contributed by atoms with van der Waals surface area (Å²) in [5.41, 5.74) is 0.860. The van der Waals surface area contributed by atoms with Gasteiger partial charge in [0.2, 0.25) is 0 Å². The minimum absolute atomic E-state index is 0.790. The van der Waals surface area contributed by atoms with Crippen LogP contribution in [0.5, 0.6) is 0 Å². The van der Waals surface area contributed by atoms with Gasteiger partial charge in [0.1, 0.15) is 11.5 Å². The van der Waals surface area contributed by atoms with Crippen LogP contribution in [-0.2, 0) is 0 Å². The lowest BCUT2D eigenvalue weighted by Gasteiger charge is -2.00. The van der Waals surface area contributed by atoms with Crippen molar-refractivity contribution in [1.82, 2.24) is 0 Å². The van der Waals surface area contributed by atoms with Crippen molar-refractivity contribution in [2.24, 2.45) is 10.9 Å². The lowest BCUT2D eigenvalue weighted by Crippen LogP contribution is -2.02. The van der Waals surface area contributed by atoms with E-state index in [2.05, 4.69) is 12.0 Å². The fourth-order valence-electron chi connectivity index (χ4n) is 1.24. The Morgan fingerprint density at radius 3 is 2.92 bits per heavy atom. The minimum Gasteiger partial charge on any atom is -0.463 e. The first kappa shape index (κ1) is 9.84. The van der Waals surface area contributed by atoms with Crippen LogP contribution in [0.3, 0.4) is 0 Å². The summed E-state index contributed by atoms with van der Waals surface area (Å²) in [5.74, 6) is 6.06. The summed E-state index contributed by atoms with van der Waals surface area (Å²) in [6, 6.07) is 3.73. The summed E-state index contributed by atoms with van der Waals surface area (Å²) in [7, 11) is 0. The van der Waals surface area contributed by atoms with Crippen LogP contribution in [0.4, 0.5) is 0 Å². The molecule has 0 unspecified atom stereocenters. The van der Waals surface area contributed by atoms with E-state index >= 15 is 0 Å². The average molecular weight is 180 g/mol. The van der Waals surface area contributed by atoms with Crippen LogP contribution in [0.25, 0.3) is 0 Å². The van der Waals surface area contributed by atoms with Gasteiger partial charge < -0.3 is 10.3 Å². The van der Waals surface area contributed by atoms with Gasteiger partial charge in [0.25, 0.3) is 0 Å². The first-order chi connectivity index (χ1) is 6.38. The molecule has 13 heavy (non-hydrogen) atoms. The highest BCUT2D eigenvalue weighted by atomic mass is 16.3. The van der Waals surface area contributed by atoms with Crippen LogP contribution < -0.4 is 5.84 Å². The predicted molar refractivity (Wildman–Crippen MR) is 53.6 cm³/mol. The highest BCUT2D eigenvalue weighted by molar-refractivity contribution is 5.97. The summed E-state index contributed by atoms with van der Waals surface area (Å²) < 4.78 is 5.21. The molecule has 0 saturated heterocycles. The number of hydrogen-bond acceptors (Lipinski definition) is 3. The van der Waals surface area contributed by atoms with Gasteiger partial charge in [0, 0.05) is 0 Å². The van der Waals surface area contributed by atoms with E-state index in [0.717, 1.165) is 24.3 Å². The topological polar surface area (TPSA) is 51.5 Å². The number of furan rings is 1. The van der Waals surface area contributed by atoms with Crippen molar-refractivity contribution in [3.8, 4) is 0 Å². The van der Waals surface area contributed by atoms with Gasteiger partial charge in [-0.2, -0.15) is 5.10 Å². The average Bonchev–Trinajstić information content (AvgIpc) is 2.65. The Bertz CT molecular complexity index is 252. The zero-order valence-electron chi connectivity index (χ0n) is 7.99. The Balaban J connectivity index is 2.46. The molecule has 0 atom stereocenters. The first-order valence-electron chi connectivity index (χ1n) is 4.69. The van der Waals surface area contributed by atoms with E-state index in [4.69, 9.17) is 10.3 Å². The third kappa shape index (κ3) is 2.93. The summed E-state index contributed by atoms with van der Waals surface area (Å²) >= 11 is 0. The Kier molecular flexibility index (Phi) is 4.09. The summed E-state index contributed by atoms with van der Waals surface area (Å²) in [6.07, 6.45) is 6.07. The maximum atomic E-state index is 5.27. The molecule has 0 amide bonds. The molecule has 0 fully saturated rings. The summed E-state index contributed by atoms with van der Waals surface area (Å²) in [5, 5.41) is 3.73. The van der Waals surface area contributed by atoms with Gasteiger partial charge in [-0.25, -0.2) is 0 Å². The van der Waals surface area contributed by atoms with Crippen molar-refractivity contribution in [3.05, 3.63) is 24.2 Å². The number of nitrogens with two attached hydrogens (primary N) is 1. The number of hydrazone groups is 1. The van der Waals surface area contributed by atoms with E-state index in [1.807, 2.05) is 12.1 Å². The van der Waals surface area contributed by atoms with E-state index in [1.165, 1.54) is 12.8 Å². The van der Waals surface area contributed by atoms with Crippen LogP contribution in [0.15, 0.2) is 27.9 Å². The van der Waals surface area contributed by atoms with Crippen molar-refractivity contribution in [1.29, 1.82) is 0 Å². The van der Waals surface area contributed by atoms with Crippen LogP contribution >= 0.6 is 0 Å². The Hall–Kier alpha value is -1.25. The fraction of sp³-hybridized carbons (Fsp3) is 0.500. The molecule has 1 aromatic rings. The number of hydrogen-bond donors (Lipinski definition) is 1. The summed E-state index contributed by atoms with van der Waals surface area (Å²) in [4.78, 5) is 0. The summed E-state index contributed by atoms with van der Waals surface area (Å²) in [6.45, 7) is 2.17. The van der Waals surface area contributed by atoms with Gasteiger partial charge in [-0.1, -0.05) is 19.8 Å². The lowest BCUT2D eigenvalue weighted by atomic mass is 10.1. The van der Waals surface area contributed by atoms with Gasteiger partial charge in [0.15, 0.2) is 0 Å². The lowest BCUT2D eigenvalue weighted by molar-refractivity contribution is 0.553. The second-order valence-electron chi connectivity index (χ2n) is 3.01. The van der Waals surface area contributed by atoms with Gasteiger partial charge in [0.05, 0.1) is 6.26 Å². The van der Waals surface area contributed by atoms with Crippen LogP contribution in [-0.4, -0.2) is 5.71 Å². The molecule has 3 heteroatoms. The van der Waals surface area contributed by atoms with Crippen molar-refractivity contribution >= 4 is 5.71 Å². The fourth-order valence-corrected chi connectivity index (χ4v) is 1.24. The SMILES string of the molecule is CCCCCC(=NN)c1ccco1. The molecule has 72 valence electrons. The molecule has 0 bridgehead atoms. The number of nitrogens with zero attached hydrogens (tertiary/aromatic N) is 1. The van der Waals surface area contributed by atoms with Crippen molar-refractivity contribution in [3.63, 3.8) is 0 Å². The molecule has 1 heterocycles. The predicted octanol–water partition coefficient (Wildman–Crippen LogP) is 2.52. The molecule has 2 N–H and O–H groups in total. The van der Waals surface area contributed by atoms with E-state index in [9.17, 15) is 0 Å². The monoisotopic (exact) mass is 180 g/mol. The molecular weight excluding hydrogens is 164 g/mol. The van der Waals surface area contributed by atoms with E-state index in [0.29, 0.717) is 0 Å². The standard InChI is InChI=1S/C10H16N2O/c1-2-3-4-6-9(12-11)10-7-5-8-13-10/h5,7-8H,2-4,6,11H2,1H3. The molecule has 1 rings (SSSR count). The minimum atomic E-state index is 0.790. The van der Waals surface area contributed by atoms with Gasteiger partial charge in [-0.05, 0) is 25.0 Å². The molecule has 1 aromatic heterocycles. The maximum Gasteiger partial charge on any atom is 0.149 e. The molecule has 3 nitrogen and oxygen atoms in total. The molecule has 0 aliphatic rings.